The van der Waals surface area contributed by atoms with Crippen LogP contribution in [0.25, 0.3) is 0 Å². The van der Waals surface area contributed by atoms with Gasteiger partial charge in [-0.1, -0.05) is 18.2 Å². The van der Waals surface area contributed by atoms with Crippen molar-refractivity contribution in [3.8, 4) is 0 Å². The van der Waals surface area contributed by atoms with Gasteiger partial charge in [0.05, 0.1) is 5.75 Å². The Bertz CT molecular complexity index is 690. The maximum absolute atomic E-state index is 11.5. The van der Waals surface area contributed by atoms with Crippen molar-refractivity contribution in [2.24, 2.45) is 0 Å². The quantitative estimate of drug-likeness (QED) is 0.933. The molecule has 0 fully saturated rings. The number of imidazole rings is 1. The Morgan fingerprint density at radius 2 is 2.26 bits per heavy atom. The monoisotopic (exact) mass is 276 g/mol. The summed E-state index contributed by atoms with van der Waals surface area (Å²) < 4.78 is 23.0. The molecule has 0 aliphatic heterocycles. The second kappa shape index (κ2) is 4.49. The van der Waals surface area contributed by atoms with Crippen LogP contribution in [-0.2, 0) is 22.0 Å². The summed E-state index contributed by atoms with van der Waals surface area (Å²) in [5.74, 6) is 1.36. The van der Waals surface area contributed by atoms with E-state index in [0.717, 1.165) is 24.2 Å². The summed E-state index contributed by atoms with van der Waals surface area (Å²) in [7, 11) is -2.99. The molecule has 5 heteroatoms. The zero-order valence-corrected chi connectivity index (χ0v) is 11.6. The van der Waals surface area contributed by atoms with Crippen molar-refractivity contribution in [1.82, 2.24) is 9.97 Å². The van der Waals surface area contributed by atoms with Gasteiger partial charge in [-0.05, 0) is 29.5 Å². The van der Waals surface area contributed by atoms with Crippen LogP contribution in [0, 0.1) is 0 Å². The van der Waals surface area contributed by atoms with Crippen molar-refractivity contribution in [1.29, 1.82) is 0 Å². The molecule has 3 rings (SSSR count). The topological polar surface area (TPSA) is 62.8 Å². The summed E-state index contributed by atoms with van der Waals surface area (Å²) in [6, 6.07) is 5.95. The number of rotatable bonds is 3. The van der Waals surface area contributed by atoms with E-state index in [9.17, 15) is 8.42 Å². The first-order valence-electron chi connectivity index (χ1n) is 6.32. The van der Waals surface area contributed by atoms with Crippen molar-refractivity contribution < 1.29 is 8.42 Å². The van der Waals surface area contributed by atoms with Gasteiger partial charge in [0.15, 0.2) is 9.84 Å². The molecule has 1 aliphatic carbocycles. The summed E-state index contributed by atoms with van der Waals surface area (Å²) in [6.45, 7) is 0. The summed E-state index contributed by atoms with van der Waals surface area (Å²) >= 11 is 0. The molecule has 4 nitrogen and oxygen atoms in total. The van der Waals surface area contributed by atoms with Crippen LogP contribution >= 0.6 is 0 Å². The molecule has 1 heterocycles. The predicted octanol–water partition coefficient (Wildman–Crippen LogP) is 2.03. The highest BCUT2D eigenvalue weighted by atomic mass is 32.2. The fourth-order valence-corrected chi connectivity index (χ4v) is 3.74. The van der Waals surface area contributed by atoms with E-state index in [1.165, 1.54) is 17.4 Å². The number of sulfone groups is 1. The molecule has 0 bridgehead atoms. The smallest absolute Gasteiger partial charge is 0.151 e. The van der Waals surface area contributed by atoms with Crippen molar-refractivity contribution in [3.63, 3.8) is 0 Å². The molecule has 1 atom stereocenters. The minimum absolute atomic E-state index is 0.126. The molecular formula is C14H16N2O2S. The van der Waals surface area contributed by atoms with Crippen molar-refractivity contribution in [3.05, 3.63) is 53.1 Å². The average Bonchev–Trinajstić information content (AvgIpc) is 2.94. The van der Waals surface area contributed by atoms with E-state index < -0.39 is 9.84 Å². The van der Waals surface area contributed by atoms with Gasteiger partial charge in [-0.25, -0.2) is 13.4 Å². The number of fused-ring (bicyclic) bond motifs is 1. The van der Waals surface area contributed by atoms with Gasteiger partial charge >= 0.3 is 0 Å². The lowest BCUT2D eigenvalue weighted by Crippen LogP contribution is -2.04. The highest BCUT2D eigenvalue weighted by Gasteiger charge is 2.27. The van der Waals surface area contributed by atoms with Crippen LogP contribution in [0.4, 0.5) is 0 Å². The lowest BCUT2D eigenvalue weighted by molar-refractivity contribution is 0.601. The molecule has 0 radical (unpaired) electrons. The molecule has 1 aliphatic rings. The number of aromatic nitrogens is 2. The Morgan fingerprint density at radius 3 is 2.95 bits per heavy atom. The minimum atomic E-state index is -2.99. The van der Waals surface area contributed by atoms with Crippen LogP contribution < -0.4 is 0 Å². The Labute approximate surface area is 112 Å². The van der Waals surface area contributed by atoms with E-state index in [1.807, 2.05) is 18.3 Å². The highest BCUT2D eigenvalue weighted by molar-refractivity contribution is 7.89. The SMILES string of the molecule is CS(=O)(=O)Cc1cccc2c1CCC2c1ncc[nH]1. The van der Waals surface area contributed by atoms with Gasteiger partial charge in [0.2, 0.25) is 0 Å². The fraction of sp³-hybridized carbons (Fsp3) is 0.357. The second-order valence-corrected chi connectivity index (χ2v) is 7.26. The van der Waals surface area contributed by atoms with Crippen LogP contribution in [-0.4, -0.2) is 24.6 Å². The first kappa shape index (κ1) is 12.4. The molecule has 1 aromatic carbocycles. The largest absolute Gasteiger partial charge is 0.348 e. The Balaban J connectivity index is 2.02. The third-order valence-electron chi connectivity index (χ3n) is 3.63. The van der Waals surface area contributed by atoms with Gasteiger partial charge in [0, 0.05) is 24.6 Å². The molecule has 0 amide bonds. The Morgan fingerprint density at radius 1 is 1.42 bits per heavy atom. The molecule has 0 saturated heterocycles. The first-order chi connectivity index (χ1) is 9.04. The summed E-state index contributed by atoms with van der Waals surface area (Å²) in [4.78, 5) is 7.49. The molecule has 100 valence electrons. The van der Waals surface area contributed by atoms with E-state index in [1.54, 1.807) is 6.20 Å². The van der Waals surface area contributed by atoms with Crippen molar-refractivity contribution in [2.75, 3.05) is 6.26 Å². The van der Waals surface area contributed by atoms with E-state index >= 15 is 0 Å². The third kappa shape index (κ3) is 2.42. The van der Waals surface area contributed by atoms with Gasteiger partial charge in [-0.15, -0.1) is 0 Å². The number of H-pyrrole nitrogens is 1. The van der Waals surface area contributed by atoms with E-state index in [2.05, 4.69) is 16.0 Å². The zero-order chi connectivity index (χ0) is 13.5. The van der Waals surface area contributed by atoms with E-state index in [0.29, 0.717) is 0 Å². The highest BCUT2D eigenvalue weighted by Crippen LogP contribution is 2.38. The van der Waals surface area contributed by atoms with Crippen molar-refractivity contribution >= 4 is 9.84 Å². The number of nitrogens with one attached hydrogen (secondary N) is 1. The van der Waals surface area contributed by atoms with Gasteiger partial charge in [-0.3, -0.25) is 0 Å². The second-order valence-electron chi connectivity index (χ2n) is 5.12. The molecule has 0 saturated carbocycles. The fourth-order valence-electron chi connectivity index (χ4n) is 2.90. The van der Waals surface area contributed by atoms with Gasteiger partial charge in [-0.2, -0.15) is 0 Å². The molecule has 2 aromatic rings. The van der Waals surface area contributed by atoms with Crippen LogP contribution in [0.3, 0.4) is 0 Å². The number of hydrogen-bond acceptors (Lipinski definition) is 3. The standard InChI is InChI=1S/C14H16N2O2S/c1-19(17,18)9-10-3-2-4-12-11(10)5-6-13(12)14-15-7-8-16-14/h2-4,7-8,13H,5-6,9H2,1H3,(H,15,16). The van der Waals surface area contributed by atoms with E-state index in [4.69, 9.17) is 0 Å². The molecule has 1 unspecified atom stereocenters. The minimum Gasteiger partial charge on any atom is -0.348 e. The van der Waals surface area contributed by atoms with E-state index in [-0.39, 0.29) is 11.7 Å². The Hall–Kier alpha value is -1.62. The molecular weight excluding hydrogens is 260 g/mol. The maximum atomic E-state index is 11.5. The number of nitrogens with zero attached hydrogens (tertiary/aromatic N) is 1. The predicted molar refractivity (Wildman–Crippen MR) is 73.7 cm³/mol. The average molecular weight is 276 g/mol. The number of hydrogen-bond donors (Lipinski definition) is 1. The summed E-state index contributed by atoms with van der Waals surface area (Å²) in [5.41, 5.74) is 3.35. The van der Waals surface area contributed by atoms with Gasteiger partial charge in [0.25, 0.3) is 0 Å². The first-order valence-corrected chi connectivity index (χ1v) is 8.38. The normalized spacial score (nSPS) is 18.5. The maximum Gasteiger partial charge on any atom is 0.151 e. The van der Waals surface area contributed by atoms with Crippen LogP contribution in [0.15, 0.2) is 30.6 Å². The van der Waals surface area contributed by atoms with Gasteiger partial charge < -0.3 is 4.98 Å². The van der Waals surface area contributed by atoms with Crippen LogP contribution in [0.5, 0.6) is 0 Å². The van der Waals surface area contributed by atoms with Crippen LogP contribution in [0.2, 0.25) is 0 Å². The van der Waals surface area contributed by atoms with Gasteiger partial charge in [0.1, 0.15) is 5.82 Å². The lowest BCUT2D eigenvalue weighted by Gasteiger charge is -2.10. The molecule has 1 aromatic heterocycles. The summed E-state index contributed by atoms with van der Waals surface area (Å²) in [5, 5.41) is 0. The summed E-state index contributed by atoms with van der Waals surface area (Å²) in [6.07, 6.45) is 6.78. The van der Waals surface area contributed by atoms with Crippen LogP contribution in [0.1, 0.15) is 34.9 Å². The number of aromatic amines is 1. The zero-order valence-electron chi connectivity index (χ0n) is 10.8. The third-order valence-corrected chi connectivity index (χ3v) is 4.47. The molecule has 1 N–H and O–H groups in total. The molecule has 19 heavy (non-hydrogen) atoms. The molecule has 0 spiro atoms. The number of benzene rings is 1. The van der Waals surface area contributed by atoms with Crippen molar-refractivity contribution in [2.45, 2.75) is 24.5 Å². The Kier molecular flexibility index (Phi) is 2.93. The lowest BCUT2D eigenvalue weighted by atomic mass is 9.98.